The van der Waals surface area contributed by atoms with Crippen molar-refractivity contribution >= 4 is 0 Å². The van der Waals surface area contributed by atoms with Crippen molar-refractivity contribution in [3.8, 4) is 17.1 Å². The van der Waals surface area contributed by atoms with Crippen molar-refractivity contribution in [2.75, 3.05) is 0 Å². The lowest BCUT2D eigenvalue weighted by Crippen LogP contribution is -2.01. The lowest BCUT2D eigenvalue weighted by Gasteiger charge is -2.06. The maximum absolute atomic E-state index is 11.9. The Morgan fingerprint density at radius 3 is 2.87 bits per heavy atom. The van der Waals surface area contributed by atoms with Gasteiger partial charge < -0.3 is 9.15 Å². The summed E-state index contributed by atoms with van der Waals surface area (Å²) in [6.45, 7) is 0.878. The third kappa shape index (κ3) is 1.93. The standard InChI is InChI=1S/C11H9F2O2/c1-2-7-3-4-8-6-14-10(5-9(7)8)15-11(12)13/h3-6,11H,1-2H2. The fraction of sp³-hybridized carbons (Fsp3) is 0.182. The molecule has 15 heavy (non-hydrogen) atoms. The minimum Gasteiger partial charge on any atom is -0.433 e. The molecule has 0 unspecified atom stereocenters. The molecule has 0 amide bonds. The molecule has 79 valence electrons. The molecule has 1 heterocycles. The van der Waals surface area contributed by atoms with Crippen LogP contribution in [-0.4, -0.2) is 6.61 Å². The van der Waals surface area contributed by atoms with E-state index in [1.165, 1.54) is 12.3 Å². The summed E-state index contributed by atoms with van der Waals surface area (Å²) in [6, 6.07) is 5.20. The second-order valence-corrected chi connectivity index (χ2v) is 3.06. The lowest BCUT2D eigenvalue weighted by atomic mass is 10.1. The van der Waals surface area contributed by atoms with Gasteiger partial charge >= 0.3 is 6.61 Å². The third-order valence-corrected chi connectivity index (χ3v) is 2.16. The summed E-state index contributed by atoms with van der Waals surface area (Å²) in [5.41, 5.74) is 2.68. The molecule has 0 saturated carbocycles. The minimum atomic E-state index is -2.87. The van der Waals surface area contributed by atoms with E-state index < -0.39 is 6.61 Å². The van der Waals surface area contributed by atoms with Crippen LogP contribution in [0.15, 0.2) is 28.9 Å². The zero-order valence-electron chi connectivity index (χ0n) is 7.87. The van der Waals surface area contributed by atoms with Gasteiger partial charge in [0, 0.05) is 11.6 Å². The Morgan fingerprint density at radius 1 is 1.40 bits per heavy atom. The average Bonchev–Trinajstić information content (AvgIpc) is 2.59. The molecule has 0 aromatic heterocycles. The summed E-state index contributed by atoms with van der Waals surface area (Å²) in [7, 11) is 0. The van der Waals surface area contributed by atoms with Gasteiger partial charge in [0.2, 0.25) is 0 Å². The molecule has 0 saturated heterocycles. The number of halogens is 2. The Kier molecular flexibility index (Phi) is 2.58. The van der Waals surface area contributed by atoms with Crippen LogP contribution in [0.1, 0.15) is 5.56 Å². The highest BCUT2D eigenvalue weighted by molar-refractivity contribution is 5.70. The Balaban J connectivity index is 2.39. The second-order valence-electron chi connectivity index (χ2n) is 3.06. The van der Waals surface area contributed by atoms with E-state index in [4.69, 9.17) is 4.42 Å². The predicted molar refractivity (Wildman–Crippen MR) is 51.0 cm³/mol. The molecule has 0 aromatic rings. The van der Waals surface area contributed by atoms with Gasteiger partial charge in [-0.2, -0.15) is 8.78 Å². The van der Waals surface area contributed by atoms with Crippen LogP contribution in [0.25, 0.3) is 11.1 Å². The third-order valence-electron chi connectivity index (χ3n) is 2.16. The Morgan fingerprint density at radius 2 is 2.20 bits per heavy atom. The van der Waals surface area contributed by atoms with Crippen molar-refractivity contribution in [1.82, 2.24) is 0 Å². The maximum Gasteiger partial charge on any atom is 0.389 e. The zero-order chi connectivity index (χ0) is 10.8. The molecule has 1 aliphatic heterocycles. The summed E-state index contributed by atoms with van der Waals surface area (Å²) < 4.78 is 32.9. The van der Waals surface area contributed by atoms with E-state index in [1.54, 1.807) is 0 Å². The van der Waals surface area contributed by atoms with E-state index in [1.807, 2.05) is 12.1 Å². The summed E-state index contributed by atoms with van der Waals surface area (Å²) in [6.07, 6.45) is 1.99. The van der Waals surface area contributed by atoms with Crippen molar-refractivity contribution in [2.45, 2.75) is 13.0 Å². The van der Waals surface area contributed by atoms with Gasteiger partial charge in [-0.15, -0.1) is 0 Å². The molecule has 0 atom stereocenters. The topological polar surface area (TPSA) is 22.4 Å². The molecular weight excluding hydrogens is 202 g/mol. The first kappa shape index (κ1) is 9.96. The van der Waals surface area contributed by atoms with Crippen molar-refractivity contribution in [1.29, 1.82) is 0 Å². The van der Waals surface area contributed by atoms with Crippen molar-refractivity contribution in [3.05, 3.63) is 36.9 Å². The number of rotatable bonds is 3. The van der Waals surface area contributed by atoms with Gasteiger partial charge in [-0.1, -0.05) is 12.1 Å². The molecule has 0 spiro atoms. The van der Waals surface area contributed by atoms with Gasteiger partial charge in [-0.05, 0) is 24.5 Å². The van der Waals surface area contributed by atoms with Crippen LogP contribution in [0.5, 0.6) is 5.95 Å². The first-order valence-corrected chi connectivity index (χ1v) is 4.45. The quantitative estimate of drug-likeness (QED) is 0.776. The molecule has 2 aliphatic rings. The SMILES string of the molecule is [CH2]Cc1ccc2coc(OC(F)F)cc1-2. The van der Waals surface area contributed by atoms with Crippen LogP contribution in [0.4, 0.5) is 8.78 Å². The van der Waals surface area contributed by atoms with Crippen molar-refractivity contribution < 1.29 is 17.9 Å². The van der Waals surface area contributed by atoms with Gasteiger partial charge in [-0.3, -0.25) is 0 Å². The smallest absolute Gasteiger partial charge is 0.389 e. The molecule has 0 bridgehead atoms. The van der Waals surface area contributed by atoms with Crippen LogP contribution in [0, 0.1) is 6.92 Å². The second kappa shape index (κ2) is 3.88. The zero-order valence-corrected chi connectivity index (χ0v) is 7.87. The monoisotopic (exact) mass is 211 g/mol. The van der Waals surface area contributed by atoms with E-state index >= 15 is 0 Å². The first-order valence-electron chi connectivity index (χ1n) is 4.45. The Bertz CT molecular complexity index is 423. The highest BCUT2D eigenvalue weighted by atomic mass is 19.3. The molecule has 2 rings (SSSR count). The molecular formula is C11H9F2O2. The largest absolute Gasteiger partial charge is 0.433 e. The van der Waals surface area contributed by atoms with Gasteiger partial charge in [0.1, 0.15) is 6.26 Å². The Labute approximate surface area is 85.8 Å². The lowest BCUT2D eigenvalue weighted by molar-refractivity contribution is -0.0646. The summed E-state index contributed by atoms with van der Waals surface area (Å²) in [5, 5.41) is 0. The van der Waals surface area contributed by atoms with Crippen molar-refractivity contribution in [3.63, 3.8) is 0 Å². The average molecular weight is 211 g/mol. The molecule has 0 fully saturated rings. The van der Waals surface area contributed by atoms with E-state index in [0.29, 0.717) is 6.42 Å². The number of ether oxygens (including phenoxy) is 1. The van der Waals surface area contributed by atoms with Gasteiger partial charge in [0.05, 0.1) is 0 Å². The first-order chi connectivity index (χ1) is 7.20. The predicted octanol–water partition coefficient (Wildman–Crippen LogP) is 3.36. The van der Waals surface area contributed by atoms with Crippen LogP contribution < -0.4 is 4.74 Å². The van der Waals surface area contributed by atoms with Gasteiger partial charge in [0.15, 0.2) is 0 Å². The van der Waals surface area contributed by atoms with E-state index in [2.05, 4.69) is 11.7 Å². The van der Waals surface area contributed by atoms with Crippen LogP contribution in [0.3, 0.4) is 0 Å². The Hall–Kier alpha value is -1.58. The molecule has 1 radical (unpaired) electrons. The molecule has 1 aliphatic carbocycles. The summed E-state index contributed by atoms with van der Waals surface area (Å²) in [5.74, 6) is -0.182. The highest BCUT2D eigenvalue weighted by Crippen LogP contribution is 2.32. The number of alkyl halides is 2. The fourth-order valence-corrected chi connectivity index (χ4v) is 1.48. The summed E-state index contributed by atoms with van der Waals surface area (Å²) >= 11 is 0. The number of fused-ring (bicyclic) bond motifs is 1. The van der Waals surface area contributed by atoms with Crippen LogP contribution in [-0.2, 0) is 6.42 Å². The van der Waals surface area contributed by atoms with Gasteiger partial charge in [0.25, 0.3) is 5.95 Å². The van der Waals surface area contributed by atoms with E-state index in [9.17, 15) is 8.78 Å². The molecule has 4 heteroatoms. The summed E-state index contributed by atoms with van der Waals surface area (Å²) in [4.78, 5) is 0. The number of hydrogen-bond acceptors (Lipinski definition) is 2. The van der Waals surface area contributed by atoms with Crippen LogP contribution in [0.2, 0.25) is 0 Å². The molecule has 2 nitrogen and oxygen atoms in total. The minimum absolute atomic E-state index is 0.182. The van der Waals surface area contributed by atoms with Crippen molar-refractivity contribution in [2.24, 2.45) is 0 Å². The van der Waals surface area contributed by atoms with E-state index in [0.717, 1.165) is 16.7 Å². The highest BCUT2D eigenvalue weighted by Gasteiger charge is 2.13. The molecule has 0 aromatic carbocycles. The van der Waals surface area contributed by atoms with E-state index in [-0.39, 0.29) is 5.95 Å². The normalized spacial score (nSPS) is 11.2. The van der Waals surface area contributed by atoms with Gasteiger partial charge in [-0.25, -0.2) is 0 Å². The molecule has 0 N–H and O–H groups in total. The maximum atomic E-state index is 11.9. The van der Waals surface area contributed by atoms with Crippen LogP contribution >= 0.6 is 0 Å². The number of hydrogen-bond donors (Lipinski definition) is 0. The fourth-order valence-electron chi connectivity index (χ4n) is 1.48.